The Morgan fingerprint density at radius 2 is 1.52 bits per heavy atom. The molecule has 3 rings (SSSR count). The van der Waals surface area contributed by atoms with E-state index in [2.05, 4.69) is 26.2 Å². The summed E-state index contributed by atoms with van der Waals surface area (Å²) in [6.07, 6.45) is 5.70. The molecule has 2 aromatic carbocycles. The van der Waals surface area contributed by atoms with E-state index in [4.69, 9.17) is 9.47 Å². The van der Waals surface area contributed by atoms with E-state index in [1.165, 1.54) is 4.91 Å². The lowest BCUT2D eigenvalue weighted by molar-refractivity contribution is -0.131. The summed E-state index contributed by atoms with van der Waals surface area (Å²) in [5, 5.41) is 1.47. The van der Waals surface area contributed by atoms with Crippen LogP contribution in [0, 0.1) is 0 Å². The predicted molar refractivity (Wildman–Crippen MR) is 128 cm³/mol. The van der Waals surface area contributed by atoms with Crippen LogP contribution in [0.3, 0.4) is 0 Å². The minimum Gasteiger partial charge on any atom is -0.422 e. The van der Waals surface area contributed by atoms with Crippen LogP contribution in [-0.2, 0) is 22.4 Å². The number of carbonyl (C=O) groups excluding carboxylic acids is 2. The fourth-order valence-electron chi connectivity index (χ4n) is 3.39. The van der Waals surface area contributed by atoms with Gasteiger partial charge in [-0.15, -0.1) is 11.8 Å². The van der Waals surface area contributed by atoms with E-state index < -0.39 is 11.9 Å². The zero-order valence-corrected chi connectivity index (χ0v) is 19.2. The van der Waals surface area contributed by atoms with Crippen LogP contribution in [0.5, 0.6) is 11.5 Å². The molecule has 0 bridgehead atoms. The van der Waals surface area contributed by atoms with Gasteiger partial charge in [-0.05, 0) is 37.3 Å². The highest BCUT2D eigenvalue weighted by atomic mass is 32.2. The van der Waals surface area contributed by atoms with Gasteiger partial charge in [0.25, 0.3) is 0 Å². The van der Waals surface area contributed by atoms with E-state index in [-0.39, 0.29) is 0 Å². The average Bonchev–Trinajstić information content (AvgIpc) is 2.75. The molecule has 1 aliphatic carbocycles. The molecule has 2 aromatic rings. The first-order valence-electron chi connectivity index (χ1n) is 10.5. The number of thioether (sulfide) groups is 1. The third-order valence-electron chi connectivity index (χ3n) is 5.09. The standard InChI is InChI=1S/C26H28O4S/c1-6-7-14-31-18-12-13-21-22(15-18)24(30-26(28)17(4)5)20-11-9-8-10-19(20)23(21)29-25(27)16(2)3/h8-12H,2,4,6-7,13-15H2,1,3,5H3. The summed E-state index contributed by atoms with van der Waals surface area (Å²) >= 11 is 1.83. The van der Waals surface area contributed by atoms with Gasteiger partial charge in [0.15, 0.2) is 0 Å². The second kappa shape index (κ2) is 10.0. The molecule has 0 saturated heterocycles. The Labute approximate surface area is 188 Å². The van der Waals surface area contributed by atoms with Crippen LogP contribution in [0.25, 0.3) is 10.8 Å². The van der Waals surface area contributed by atoms with Crippen LogP contribution in [0.15, 0.2) is 59.6 Å². The molecule has 5 heteroatoms. The molecule has 162 valence electrons. The molecule has 0 unspecified atom stereocenters. The molecule has 0 spiro atoms. The maximum absolute atomic E-state index is 12.4. The lowest BCUT2D eigenvalue weighted by Gasteiger charge is -2.24. The highest BCUT2D eigenvalue weighted by Crippen LogP contribution is 2.45. The molecule has 0 amide bonds. The number of carbonyl (C=O) groups is 2. The summed E-state index contributed by atoms with van der Waals surface area (Å²) in [4.78, 5) is 26.1. The number of esters is 2. The largest absolute Gasteiger partial charge is 0.422 e. The molecular weight excluding hydrogens is 408 g/mol. The molecule has 0 aromatic heterocycles. The average molecular weight is 437 g/mol. The predicted octanol–water partition coefficient (Wildman–Crippen LogP) is 6.32. The monoisotopic (exact) mass is 436 g/mol. The van der Waals surface area contributed by atoms with Crippen molar-refractivity contribution < 1.29 is 19.1 Å². The summed E-state index contributed by atoms with van der Waals surface area (Å²) < 4.78 is 11.6. The molecule has 0 heterocycles. The second-order valence-electron chi connectivity index (χ2n) is 7.75. The van der Waals surface area contributed by atoms with Crippen molar-refractivity contribution in [3.05, 3.63) is 70.7 Å². The van der Waals surface area contributed by atoms with Crippen molar-refractivity contribution in [3.63, 3.8) is 0 Å². The number of hydrogen-bond donors (Lipinski definition) is 0. The first-order valence-corrected chi connectivity index (χ1v) is 11.5. The second-order valence-corrected chi connectivity index (χ2v) is 8.98. The number of ether oxygens (including phenoxy) is 2. The van der Waals surface area contributed by atoms with E-state index in [9.17, 15) is 9.59 Å². The Morgan fingerprint density at radius 3 is 2.03 bits per heavy atom. The van der Waals surface area contributed by atoms with Crippen LogP contribution >= 0.6 is 11.8 Å². The van der Waals surface area contributed by atoms with Crippen molar-refractivity contribution >= 4 is 34.5 Å². The number of allylic oxidation sites excluding steroid dienone is 2. The summed E-state index contributed by atoms with van der Waals surface area (Å²) in [6.45, 7) is 12.9. The van der Waals surface area contributed by atoms with Gasteiger partial charge in [-0.25, -0.2) is 9.59 Å². The number of hydrogen-bond acceptors (Lipinski definition) is 5. The van der Waals surface area contributed by atoms with Crippen molar-refractivity contribution in [1.29, 1.82) is 0 Å². The zero-order chi connectivity index (χ0) is 22.5. The van der Waals surface area contributed by atoms with E-state index in [1.54, 1.807) is 13.8 Å². The van der Waals surface area contributed by atoms with Gasteiger partial charge >= 0.3 is 11.9 Å². The Balaban J connectivity index is 2.17. The lowest BCUT2D eigenvalue weighted by Crippen LogP contribution is -2.16. The van der Waals surface area contributed by atoms with Gasteiger partial charge in [-0.3, -0.25) is 0 Å². The van der Waals surface area contributed by atoms with E-state index in [0.29, 0.717) is 35.5 Å². The molecule has 0 radical (unpaired) electrons. The van der Waals surface area contributed by atoms with Crippen molar-refractivity contribution in [2.45, 2.75) is 46.5 Å². The molecule has 0 saturated carbocycles. The smallest absolute Gasteiger partial charge is 0.338 e. The topological polar surface area (TPSA) is 52.6 Å². The summed E-state index contributed by atoms with van der Waals surface area (Å²) in [7, 11) is 0. The molecule has 0 N–H and O–H groups in total. The van der Waals surface area contributed by atoms with Gasteiger partial charge in [0.2, 0.25) is 0 Å². The summed E-state index contributed by atoms with van der Waals surface area (Å²) in [5.74, 6) is 1.15. The fourth-order valence-corrected chi connectivity index (χ4v) is 4.54. The molecule has 4 nitrogen and oxygen atoms in total. The van der Waals surface area contributed by atoms with E-state index in [1.807, 2.05) is 36.0 Å². The molecular formula is C26H28O4S. The molecule has 0 atom stereocenters. The Bertz CT molecular complexity index is 1090. The lowest BCUT2D eigenvalue weighted by atomic mass is 9.90. The number of unbranched alkanes of at least 4 members (excludes halogenated alkanes) is 1. The zero-order valence-electron chi connectivity index (χ0n) is 18.4. The normalized spacial score (nSPS) is 12.7. The Hall–Kier alpha value is -2.79. The van der Waals surface area contributed by atoms with Crippen LogP contribution in [0.1, 0.15) is 44.7 Å². The van der Waals surface area contributed by atoms with Crippen molar-refractivity contribution in [2.75, 3.05) is 5.75 Å². The van der Waals surface area contributed by atoms with Gasteiger partial charge in [0.05, 0.1) is 0 Å². The van der Waals surface area contributed by atoms with Gasteiger partial charge < -0.3 is 9.47 Å². The molecule has 1 aliphatic rings. The van der Waals surface area contributed by atoms with Crippen molar-refractivity contribution in [2.24, 2.45) is 0 Å². The van der Waals surface area contributed by atoms with Crippen LogP contribution in [-0.4, -0.2) is 17.7 Å². The molecule has 0 aliphatic heterocycles. The highest BCUT2D eigenvalue weighted by molar-refractivity contribution is 8.03. The van der Waals surface area contributed by atoms with Crippen LogP contribution < -0.4 is 9.47 Å². The van der Waals surface area contributed by atoms with Crippen LogP contribution in [0.4, 0.5) is 0 Å². The van der Waals surface area contributed by atoms with Crippen LogP contribution in [0.2, 0.25) is 0 Å². The summed E-state index contributed by atoms with van der Waals surface area (Å²) in [6, 6.07) is 7.52. The van der Waals surface area contributed by atoms with Gasteiger partial charge in [0.1, 0.15) is 11.5 Å². The number of fused-ring (bicyclic) bond motifs is 2. The van der Waals surface area contributed by atoms with Gasteiger partial charge in [0, 0.05) is 39.5 Å². The Morgan fingerprint density at radius 1 is 0.968 bits per heavy atom. The number of benzene rings is 2. The number of rotatable bonds is 8. The van der Waals surface area contributed by atoms with E-state index >= 15 is 0 Å². The minimum absolute atomic E-state index is 0.331. The quantitative estimate of drug-likeness (QED) is 0.210. The SMILES string of the molecule is C=C(C)C(=O)Oc1c2c(c(OC(=O)C(=C)C)c3ccccc13)CC(SCCCC)=CC2. The third-order valence-corrected chi connectivity index (χ3v) is 6.26. The third kappa shape index (κ3) is 5.10. The highest BCUT2D eigenvalue weighted by Gasteiger charge is 2.27. The van der Waals surface area contributed by atoms with Crippen molar-refractivity contribution in [1.82, 2.24) is 0 Å². The maximum atomic E-state index is 12.4. The Kier molecular flexibility index (Phi) is 7.39. The van der Waals surface area contributed by atoms with Gasteiger partial charge in [-0.2, -0.15) is 0 Å². The molecule has 0 fully saturated rings. The van der Waals surface area contributed by atoms with Crippen molar-refractivity contribution in [3.8, 4) is 11.5 Å². The first kappa shape index (κ1) is 22.9. The summed E-state index contributed by atoms with van der Waals surface area (Å²) in [5.41, 5.74) is 2.43. The maximum Gasteiger partial charge on any atom is 0.338 e. The first-order chi connectivity index (χ1) is 14.8. The molecule has 31 heavy (non-hydrogen) atoms. The van der Waals surface area contributed by atoms with E-state index in [0.717, 1.165) is 40.5 Å². The minimum atomic E-state index is -0.467. The van der Waals surface area contributed by atoms with Gasteiger partial charge in [-0.1, -0.05) is 56.8 Å². The fraction of sp³-hybridized carbons (Fsp3) is 0.308.